The maximum absolute atomic E-state index is 6.29. The van der Waals surface area contributed by atoms with Gasteiger partial charge in [0, 0.05) is 24.4 Å². The summed E-state index contributed by atoms with van der Waals surface area (Å²) in [5.74, 6) is 1.15. The number of hydrogen-bond acceptors (Lipinski definition) is 7. The van der Waals surface area contributed by atoms with Crippen LogP contribution in [0.2, 0.25) is 0 Å². The lowest BCUT2D eigenvalue weighted by Gasteiger charge is -2.13. The standard InChI is InChI=1S/C22H22N4O2S/c1-2-12-24-21(20(23)15-11-13-27-14-15)28-17-9-7-16(8-10-17)25-22-26-18-5-3-4-6-19(18)29-22/h2-10,12,15H,1,11,13-14,23H2,(H,25,26)/b21-20+,24-12?/t15-/m1/s1. The number of para-hydroxylation sites is 1. The van der Waals surface area contributed by atoms with Crippen LogP contribution in [0.4, 0.5) is 10.8 Å². The molecule has 0 spiro atoms. The number of nitrogens with two attached hydrogens (primary N) is 1. The summed E-state index contributed by atoms with van der Waals surface area (Å²) < 4.78 is 12.5. The fraction of sp³-hybridized carbons (Fsp3) is 0.182. The Balaban J connectivity index is 1.49. The van der Waals surface area contributed by atoms with E-state index in [2.05, 4.69) is 27.9 Å². The quantitative estimate of drug-likeness (QED) is 0.433. The first-order chi connectivity index (χ1) is 14.2. The van der Waals surface area contributed by atoms with E-state index in [9.17, 15) is 0 Å². The van der Waals surface area contributed by atoms with Crippen molar-refractivity contribution in [1.82, 2.24) is 4.98 Å². The second-order valence-electron chi connectivity index (χ2n) is 6.57. The summed E-state index contributed by atoms with van der Waals surface area (Å²) >= 11 is 1.62. The minimum atomic E-state index is 0.118. The van der Waals surface area contributed by atoms with E-state index >= 15 is 0 Å². The van der Waals surface area contributed by atoms with Gasteiger partial charge in [-0.3, -0.25) is 0 Å². The molecule has 0 bridgehead atoms. The van der Waals surface area contributed by atoms with Gasteiger partial charge in [-0.25, -0.2) is 9.98 Å². The molecule has 1 aliphatic heterocycles. The molecule has 2 aromatic carbocycles. The van der Waals surface area contributed by atoms with Gasteiger partial charge in [-0.2, -0.15) is 0 Å². The maximum atomic E-state index is 6.29. The molecule has 0 unspecified atom stereocenters. The molecular formula is C22H22N4O2S. The SMILES string of the molecule is C=CC=N/C(Oc1ccc(Nc2nc3ccccc3s2)cc1)=C(\N)[C@@H]1CCOC1. The highest BCUT2D eigenvalue weighted by molar-refractivity contribution is 7.22. The number of benzene rings is 2. The second kappa shape index (κ2) is 8.89. The molecule has 0 radical (unpaired) electrons. The number of allylic oxidation sites excluding steroid dienone is 1. The number of aromatic nitrogens is 1. The molecule has 6 nitrogen and oxygen atoms in total. The number of aliphatic imine (C=N–C) groups is 1. The first-order valence-corrected chi connectivity index (χ1v) is 10.2. The van der Waals surface area contributed by atoms with E-state index in [1.165, 1.54) is 0 Å². The highest BCUT2D eigenvalue weighted by Gasteiger charge is 2.22. The van der Waals surface area contributed by atoms with Gasteiger partial charge in [0.1, 0.15) is 5.75 Å². The van der Waals surface area contributed by atoms with E-state index in [0.29, 0.717) is 30.5 Å². The van der Waals surface area contributed by atoms with Crippen LogP contribution in [0.5, 0.6) is 5.75 Å². The van der Waals surface area contributed by atoms with Gasteiger partial charge in [0.05, 0.1) is 22.5 Å². The average molecular weight is 407 g/mol. The largest absolute Gasteiger partial charge is 0.437 e. The zero-order valence-corrected chi connectivity index (χ0v) is 16.7. The molecule has 1 fully saturated rings. The smallest absolute Gasteiger partial charge is 0.238 e. The molecule has 7 heteroatoms. The van der Waals surface area contributed by atoms with Gasteiger partial charge in [0.15, 0.2) is 5.13 Å². The number of fused-ring (bicyclic) bond motifs is 1. The summed E-state index contributed by atoms with van der Waals surface area (Å²) in [6.45, 7) is 4.95. The zero-order valence-electron chi connectivity index (χ0n) is 15.9. The Morgan fingerprint density at radius 3 is 2.83 bits per heavy atom. The van der Waals surface area contributed by atoms with Crippen molar-refractivity contribution < 1.29 is 9.47 Å². The van der Waals surface area contributed by atoms with Crippen molar-refractivity contribution >= 4 is 38.6 Å². The van der Waals surface area contributed by atoms with Crippen molar-refractivity contribution in [1.29, 1.82) is 0 Å². The number of nitrogens with zero attached hydrogens (tertiary/aromatic N) is 2. The Morgan fingerprint density at radius 1 is 1.28 bits per heavy atom. The lowest BCUT2D eigenvalue weighted by atomic mass is 10.1. The van der Waals surface area contributed by atoms with E-state index in [4.69, 9.17) is 15.2 Å². The van der Waals surface area contributed by atoms with Crippen molar-refractivity contribution in [3.63, 3.8) is 0 Å². The number of nitrogens with one attached hydrogen (secondary N) is 1. The van der Waals surface area contributed by atoms with E-state index in [1.54, 1.807) is 23.6 Å². The zero-order chi connectivity index (χ0) is 20.1. The highest BCUT2D eigenvalue weighted by Crippen LogP contribution is 2.29. The Morgan fingerprint density at radius 2 is 2.10 bits per heavy atom. The Bertz CT molecular complexity index is 1020. The number of hydrogen-bond donors (Lipinski definition) is 2. The van der Waals surface area contributed by atoms with Crippen LogP contribution >= 0.6 is 11.3 Å². The molecule has 2 heterocycles. The van der Waals surface area contributed by atoms with E-state index in [0.717, 1.165) is 27.5 Å². The number of anilines is 2. The molecule has 1 saturated heterocycles. The summed E-state index contributed by atoms with van der Waals surface area (Å²) in [5, 5.41) is 4.18. The Kier molecular flexibility index (Phi) is 5.88. The fourth-order valence-corrected chi connectivity index (χ4v) is 3.89. The van der Waals surface area contributed by atoms with Gasteiger partial charge in [0.2, 0.25) is 5.88 Å². The molecule has 1 aliphatic rings. The van der Waals surface area contributed by atoms with Crippen molar-refractivity contribution in [2.24, 2.45) is 16.6 Å². The maximum Gasteiger partial charge on any atom is 0.238 e. The molecule has 3 aromatic rings. The molecular weight excluding hydrogens is 384 g/mol. The van der Waals surface area contributed by atoms with Crippen molar-refractivity contribution in [2.75, 3.05) is 18.5 Å². The predicted molar refractivity (Wildman–Crippen MR) is 119 cm³/mol. The Hall–Kier alpha value is -3.16. The summed E-state index contributed by atoms with van der Waals surface area (Å²) in [5.41, 5.74) is 8.79. The third-order valence-electron chi connectivity index (χ3n) is 4.53. The van der Waals surface area contributed by atoms with E-state index < -0.39 is 0 Å². The average Bonchev–Trinajstić information content (AvgIpc) is 3.41. The highest BCUT2D eigenvalue weighted by atomic mass is 32.1. The van der Waals surface area contributed by atoms with Crippen LogP contribution in [0, 0.1) is 5.92 Å². The van der Waals surface area contributed by atoms with Crippen LogP contribution in [0.15, 0.2) is 77.8 Å². The summed E-state index contributed by atoms with van der Waals surface area (Å²) in [7, 11) is 0. The monoisotopic (exact) mass is 406 g/mol. The summed E-state index contributed by atoms with van der Waals surface area (Å²) in [4.78, 5) is 8.90. The molecule has 4 rings (SSSR count). The molecule has 0 amide bonds. The van der Waals surface area contributed by atoms with E-state index in [1.807, 2.05) is 42.5 Å². The van der Waals surface area contributed by atoms with Crippen molar-refractivity contribution in [3.05, 3.63) is 72.8 Å². The first-order valence-electron chi connectivity index (χ1n) is 9.36. The van der Waals surface area contributed by atoms with Crippen LogP contribution in [-0.4, -0.2) is 24.4 Å². The topological polar surface area (TPSA) is 81.8 Å². The molecule has 3 N–H and O–H groups in total. The van der Waals surface area contributed by atoms with Gasteiger partial charge >= 0.3 is 0 Å². The van der Waals surface area contributed by atoms with Gasteiger partial charge in [-0.05, 0) is 42.8 Å². The fourth-order valence-electron chi connectivity index (χ4n) is 3.00. The minimum Gasteiger partial charge on any atom is -0.437 e. The number of ether oxygens (including phenoxy) is 2. The van der Waals surface area contributed by atoms with Crippen LogP contribution in [0.1, 0.15) is 6.42 Å². The predicted octanol–water partition coefficient (Wildman–Crippen LogP) is 4.84. The van der Waals surface area contributed by atoms with Crippen LogP contribution in [0.25, 0.3) is 10.2 Å². The van der Waals surface area contributed by atoms with Crippen LogP contribution in [0.3, 0.4) is 0 Å². The summed E-state index contributed by atoms with van der Waals surface area (Å²) in [6.07, 6.45) is 4.03. The van der Waals surface area contributed by atoms with Gasteiger partial charge < -0.3 is 20.5 Å². The normalized spacial score (nSPS) is 17.4. The minimum absolute atomic E-state index is 0.118. The molecule has 0 aliphatic carbocycles. The van der Waals surface area contributed by atoms with Crippen molar-refractivity contribution in [3.8, 4) is 5.75 Å². The van der Waals surface area contributed by atoms with Gasteiger partial charge in [-0.15, -0.1) is 0 Å². The van der Waals surface area contributed by atoms with Crippen molar-refractivity contribution in [2.45, 2.75) is 6.42 Å². The first kappa shape index (κ1) is 19.2. The van der Waals surface area contributed by atoms with Gasteiger partial charge in [-0.1, -0.05) is 36.1 Å². The summed E-state index contributed by atoms with van der Waals surface area (Å²) in [6, 6.07) is 15.7. The molecule has 29 heavy (non-hydrogen) atoms. The Labute approximate surface area is 173 Å². The lowest BCUT2D eigenvalue weighted by Crippen LogP contribution is -2.16. The molecule has 1 atom stereocenters. The third-order valence-corrected chi connectivity index (χ3v) is 5.48. The van der Waals surface area contributed by atoms with Gasteiger partial charge in [0.25, 0.3) is 0 Å². The number of thiazole rings is 1. The molecule has 1 aromatic heterocycles. The second-order valence-corrected chi connectivity index (χ2v) is 7.60. The van der Waals surface area contributed by atoms with Crippen LogP contribution in [-0.2, 0) is 4.74 Å². The molecule has 148 valence electrons. The van der Waals surface area contributed by atoms with Crippen LogP contribution < -0.4 is 15.8 Å². The lowest BCUT2D eigenvalue weighted by molar-refractivity contribution is 0.189. The molecule has 0 saturated carbocycles. The third kappa shape index (κ3) is 4.64. The number of rotatable bonds is 7. The van der Waals surface area contributed by atoms with E-state index in [-0.39, 0.29) is 5.92 Å².